The molecule has 0 saturated carbocycles. The van der Waals surface area contributed by atoms with Crippen LogP contribution in [0.2, 0.25) is 0 Å². The van der Waals surface area contributed by atoms with Gasteiger partial charge in [-0.3, -0.25) is 10.2 Å². The third-order valence-electron chi connectivity index (χ3n) is 2.27. The topological polar surface area (TPSA) is 50.2 Å². The molecule has 0 aromatic heterocycles. The number of carbonyl (C=O) groups excluding carboxylic acids is 1. The summed E-state index contributed by atoms with van der Waals surface area (Å²) in [6.45, 7) is 2.15. The molecule has 4 heteroatoms. The average Bonchev–Trinajstić information content (AvgIpc) is 2.63. The third kappa shape index (κ3) is 1.39. The Bertz CT molecular complexity index is 346. The van der Waals surface area contributed by atoms with Crippen molar-refractivity contribution in [3.8, 4) is 0 Å². The molecular formula is C10H11NO2S. The first-order valence-corrected chi connectivity index (χ1v) is 5.42. The normalized spacial score (nSPS) is 28.9. The number of esters is 1. The predicted octanol–water partition coefficient (Wildman–Crippen LogP) is 1.75. The van der Waals surface area contributed by atoms with Crippen LogP contribution in [0.3, 0.4) is 0 Å². The molecule has 2 aliphatic rings. The van der Waals surface area contributed by atoms with Crippen molar-refractivity contribution >= 4 is 22.8 Å². The molecule has 0 spiro atoms. The fourth-order valence-corrected chi connectivity index (χ4v) is 2.83. The van der Waals surface area contributed by atoms with Crippen molar-refractivity contribution in [2.75, 3.05) is 6.61 Å². The van der Waals surface area contributed by atoms with E-state index in [4.69, 9.17) is 10.1 Å². The molecule has 1 aliphatic heterocycles. The van der Waals surface area contributed by atoms with Gasteiger partial charge in [-0.1, -0.05) is 30.0 Å². The summed E-state index contributed by atoms with van der Waals surface area (Å²) in [6.07, 6.45) is 5.86. The van der Waals surface area contributed by atoms with Crippen LogP contribution in [0.25, 0.3) is 0 Å². The Morgan fingerprint density at radius 2 is 2.50 bits per heavy atom. The van der Waals surface area contributed by atoms with Crippen LogP contribution >= 0.6 is 11.8 Å². The van der Waals surface area contributed by atoms with Crippen LogP contribution in [-0.4, -0.2) is 22.9 Å². The summed E-state index contributed by atoms with van der Waals surface area (Å²) < 4.78 is 4.94. The molecule has 2 rings (SSSR count). The number of hydrogen-bond acceptors (Lipinski definition) is 4. The number of nitrogens with one attached hydrogen (secondary N) is 1. The van der Waals surface area contributed by atoms with Crippen molar-refractivity contribution in [2.24, 2.45) is 5.92 Å². The van der Waals surface area contributed by atoms with Crippen molar-refractivity contribution in [1.82, 2.24) is 0 Å². The summed E-state index contributed by atoms with van der Waals surface area (Å²) in [6, 6.07) is 0. The number of carbonyl (C=O) groups is 1. The minimum atomic E-state index is -0.444. The van der Waals surface area contributed by atoms with E-state index in [0.29, 0.717) is 11.7 Å². The Hall–Kier alpha value is -1.03. The number of thioether (sulfide) groups is 1. The van der Waals surface area contributed by atoms with Crippen LogP contribution in [-0.2, 0) is 9.53 Å². The van der Waals surface area contributed by atoms with Gasteiger partial charge in [0, 0.05) is 0 Å². The average molecular weight is 209 g/mol. The van der Waals surface area contributed by atoms with E-state index in [9.17, 15) is 4.79 Å². The lowest BCUT2D eigenvalue weighted by atomic mass is 10.00. The molecule has 0 amide bonds. The lowest BCUT2D eigenvalue weighted by molar-refractivity contribution is -0.144. The monoisotopic (exact) mass is 209 g/mol. The molecule has 0 radical (unpaired) electrons. The van der Waals surface area contributed by atoms with Gasteiger partial charge in [-0.15, -0.1) is 0 Å². The fourth-order valence-electron chi connectivity index (χ4n) is 1.67. The highest BCUT2D eigenvalue weighted by Crippen LogP contribution is 2.42. The molecule has 74 valence electrons. The predicted molar refractivity (Wildman–Crippen MR) is 56.5 cm³/mol. The van der Waals surface area contributed by atoms with E-state index in [1.165, 1.54) is 11.8 Å². The first kappa shape index (κ1) is 9.52. The van der Waals surface area contributed by atoms with Crippen LogP contribution < -0.4 is 0 Å². The van der Waals surface area contributed by atoms with Gasteiger partial charge < -0.3 is 4.74 Å². The highest BCUT2D eigenvalue weighted by atomic mass is 32.2. The van der Waals surface area contributed by atoms with Gasteiger partial charge >= 0.3 is 5.97 Å². The Morgan fingerprint density at radius 3 is 3.21 bits per heavy atom. The van der Waals surface area contributed by atoms with E-state index in [2.05, 4.69) is 0 Å². The second-order valence-electron chi connectivity index (χ2n) is 3.14. The van der Waals surface area contributed by atoms with Crippen molar-refractivity contribution in [1.29, 1.82) is 5.41 Å². The van der Waals surface area contributed by atoms with E-state index in [-0.39, 0.29) is 11.2 Å². The van der Waals surface area contributed by atoms with Gasteiger partial charge in [0.05, 0.1) is 16.9 Å². The molecular weight excluding hydrogens is 198 g/mol. The van der Waals surface area contributed by atoms with E-state index in [1.54, 1.807) is 6.92 Å². The number of ether oxygens (including phenoxy) is 1. The van der Waals surface area contributed by atoms with E-state index < -0.39 is 5.92 Å². The van der Waals surface area contributed by atoms with E-state index in [0.717, 1.165) is 5.57 Å². The second-order valence-corrected chi connectivity index (χ2v) is 4.32. The quantitative estimate of drug-likeness (QED) is 0.705. The van der Waals surface area contributed by atoms with Crippen LogP contribution in [0.1, 0.15) is 6.92 Å². The van der Waals surface area contributed by atoms with Gasteiger partial charge in [0.15, 0.2) is 0 Å². The number of hydrogen-bond donors (Lipinski definition) is 1. The van der Waals surface area contributed by atoms with Crippen LogP contribution in [0.5, 0.6) is 0 Å². The lowest BCUT2D eigenvalue weighted by Crippen LogP contribution is -2.22. The smallest absolute Gasteiger partial charge is 0.319 e. The molecule has 1 N–H and O–H groups in total. The Balaban J connectivity index is 2.19. The van der Waals surface area contributed by atoms with Crippen LogP contribution in [0, 0.1) is 11.3 Å². The molecule has 1 aliphatic carbocycles. The zero-order valence-electron chi connectivity index (χ0n) is 7.82. The third-order valence-corrected chi connectivity index (χ3v) is 3.45. The highest BCUT2D eigenvalue weighted by molar-refractivity contribution is 8.15. The number of fused-ring (bicyclic) bond motifs is 1. The molecule has 14 heavy (non-hydrogen) atoms. The SMILES string of the molecule is CCOC(=O)C1C(=N)SC2C=CC=C21. The van der Waals surface area contributed by atoms with E-state index in [1.807, 2.05) is 18.2 Å². The maximum absolute atomic E-state index is 11.6. The Labute approximate surface area is 86.7 Å². The standard InChI is InChI=1S/C10H11NO2S/c1-2-13-10(12)8-6-4-3-5-7(6)14-9(8)11/h3-5,7-8,11H,2H2,1H3. The van der Waals surface area contributed by atoms with Crippen LogP contribution in [0.15, 0.2) is 23.8 Å². The summed E-state index contributed by atoms with van der Waals surface area (Å²) in [5.41, 5.74) is 0.999. The molecule has 1 saturated heterocycles. The van der Waals surface area contributed by atoms with Gasteiger partial charge in [0.25, 0.3) is 0 Å². The van der Waals surface area contributed by atoms with Gasteiger partial charge in [0.2, 0.25) is 0 Å². The van der Waals surface area contributed by atoms with E-state index >= 15 is 0 Å². The maximum Gasteiger partial charge on any atom is 0.319 e. The minimum Gasteiger partial charge on any atom is -0.465 e. The minimum absolute atomic E-state index is 0.192. The zero-order chi connectivity index (χ0) is 10.1. The molecule has 3 nitrogen and oxygen atoms in total. The Morgan fingerprint density at radius 1 is 1.71 bits per heavy atom. The van der Waals surface area contributed by atoms with Gasteiger partial charge in [-0.2, -0.15) is 0 Å². The second kappa shape index (κ2) is 3.61. The van der Waals surface area contributed by atoms with Crippen molar-refractivity contribution in [3.63, 3.8) is 0 Å². The van der Waals surface area contributed by atoms with Crippen molar-refractivity contribution in [2.45, 2.75) is 12.2 Å². The zero-order valence-corrected chi connectivity index (χ0v) is 8.64. The van der Waals surface area contributed by atoms with Gasteiger partial charge in [0.1, 0.15) is 5.92 Å². The highest BCUT2D eigenvalue weighted by Gasteiger charge is 2.41. The summed E-state index contributed by atoms with van der Waals surface area (Å²) in [4.78, 5) is 11.6. The van der Waals surface area contributed by atoms with Crippen LogP contribution in [0.4, 0.5) is 0 Å². The molecule has 1 heterocycles. The molecule has 1 fully saturated rings. The molecule has 0 bridgehead atoms. The van der Waals surface area contributed by atoms with Gasteiger partial charge in [-0.05, 0) is 12.5 Å². The number of rotatable bonds is 2. The van der Waals surface area contributed by atoms with Crippen molar-refractivity contribution in [3.05, 3.63) is 23.8 Å². The first-order valence-electron chi connectivity index (χ1n) is 4.54. The maximum atomic E-state index is 11.6. The summed E-state index contributed by atoms with van der Waals surface area (Å²) in [7, 11) is 0. The lowest BCUT2D eigenvalue weighted by Gasteiger charge is -2.09. The molecule has 0 aromatic rings. The molecule has 2 unspecified atom stereocenters. The summed E-state index contributed by atoms with van der Waals surface area (Å²) in [5, 5.41) is 8.30. The fraction of sp³-hybridized carbons (Fsp3) is 0.400. The Kier molecular flexibility index (Phi) is 2.46. The first-order chi connectivity index (χ1) is 6.74. The number of allylic oxidation sites excluding steroid dienone is 2. The van der Waals surface area contributed by atoms with Gasteiger partial charge in [-0.25, -0.2) is 0 Å². The summed E-state index contributed by atoms with van der Waals surface area (Å²) >= 11 is 1.43. The molecule has 2 atom stereocenters. The van der Waals surface area contributed by atoms with Crippen molar-refractivity contribution < 1.29 is 9.53 Å². The largest absolute Gasteiger partial charge is 0.465 e. The molecule has 0 aromatic carbocycles. The summed E-state index contributed by atoms with van der Waals surface area (Å²) in [5.74, 6) is -0.734.